The van der Waals surface area contributed by atoms with E-state index in [9.17, 15) is 19.4 Å². The molecule has 10 heteroatoms. The smallest absolute Gasteiger partial charge is 0.255 e. The minimum absolute atomic E-state index is 0.222. The number of benzene rings is 1. The van der Waals surface area contributed by atoms with Gasteiger partial charge < -0.3 is 20.5 Å². The fourth-order valence-corrected chi connectivity index (χ4v) is 3.16. The largest absolute Gasteiger partial charge is 0.394 e. The van der Waals surface area contributed by atoms with Crippen LogP contribution in [0.25, 0.3) is 33.5 Å². The lowest BCUT2D eigenvalue weighted by Gasteiger charge is -2.18. The fourth-order valence-electron chi connectivity index (χ4n) is 3.16. The monoisotopic (exact) mass is 398 g/mol. The molecule has 1 amide bonds. The van der Waals surface area contributed by atoms with Gasteiger partial charge in [-0.25, -0.2) is 14.4 Å². The van der Waals surface area contributed by atoms with Crippen LogP contribution in [0.5, 0.6) is 0 Å². The van der Waals surface area contributed by atoms with Crippen LogP contribution in [-0.2, 0) is 7.05 Å². The van der Waals surface area contributed by atoms with Crippen LogP contribution in [0.2, 0.25) is 0 Å². The van der Waals surface area contributed by atoms with Gasteiger partial charge in [-0.15, -0.1) is 0 Å². The number of aliphatic hydroxyl groups is 2. The van der Waals surface area contributed by atoms with E-state index >= 15 is 0 Å². The van der Waals surface area contributed by atoms with E-state index in [1.807, 2.05) is 0 Å². The summed E-state index contributed by atoms with van der Waals surface area (Å²) in [6.45, 7) is 1.07. The molecule has 0 radical (unpaired) electrons. The predicted octanol–water partition coefficient (Wildman–Crippen LogP) is 1.12. The number of hydrogen-bond donors (Lipinski definition) is 4. The van der Waals surface area contributed by atoms with Gasteiger partial charge in [-0.05, 0) is 25.1 Å². The van der Waals surface area contributed by atoms with Gasteiger partial charge in [0.25, 0.3) is 5.91 Å². The first-order valence-corrected chi connectivity index (χ1v) is 8.95. The number of aryl methyl sites for hydroxylation is 1. The third kappa shape index (κ3) is 3.32. The standard InChI is InChI=1S/C19H19FN6O3/c1-9(28)14(8-27)24-19(29)12-6-21-18-17(12)23-13(7-22-18)16-11-4-3-10(20)5-15(11)26(2)25-16/h3-7,9,14,27-28H,8H2,1-2H3,(H,21,22)(H,24,29). The second-order valence-corrected chi connectivity index (χ2v) is 6.79. The van der Waals surface area contributed by atoms with E-state index in [1.165, 1.54) is 31.5 Å². The van der Waals surface area contributed by atoms with Crippen molar-refractivity contribution in [3.63, 3.8) is 0 Å². The molecule has 0 fully saturated rings. The van der Waals surface area contributed by atoms with E-state index in [1.54, 1.807) is 17.8 Å². The van der Waals surface area contributed by atoms with Crippen molar-refractivity contribution in [3.8, 4) is 11.4 Å². The lowest BCUT2D eigenvalue weighted by atomic mass is 10.1. The number of halogens is 1. The van der Waals surface area contributed by atoms with Crippen molar-refractivity contribution in [1.82, 2.24) is 30.0 Å². The van der Waals surface area contributed by atoms with E-state index in [0.29, 0.717) is 33.5 Å². The van der Waals surface area contributed by atoms with Gasteiger partial charge in [0, 0.05) is 18.6 Å². The number of carbonyl (C=O) groups is 1. The Morgan fingerprint density at radius 3 is 2.93 bits per heavy atom. The molecular formula is C19H19FN6O3. The molecule has 2 atom stereocenters. The van der Waals surface area contributed by atoms with E-state index in [4.69, 9.17) is 0 Å². The van der Waals surface area contributed by atoms with Gasteiger partial charge in [0.2, 0.25) is 0 Å². The summed E-state index contributed by atoms with van der Waals surface area (Å²) in [6.07, 6.45) is 2.07. The molecule has 3 aromatic heterocycles. The lowest BCUT2D eigenvalue weighted by molar-refractivity contribution is 0.0759. The van der Waals surface area contributed by atoms with Gasteiger partial charge in [-0.3, -0.25) is 9.48 Å². The first-order chi connectivity index (χ1) is 13.9. The zero-order chi connectivity index (χ0) is 20.7. The van der Waals surface area contributed by atoms with Gasteiger partial charge >= 0.3 is 0 Å². The van der Waals surface area contributed by atoms with Crippen molar-refractivity contribution in [1.29, 1.82) is 0 Å². The number of aliphatic hydroxyl groups excluding tert-OH is 2. The van der Waals surface area contributed by atoms with Gasteiger partial charge in [-0.1, -0.05) is 0 Å². The number of rotatable bonds is 5. The lowest BCUT2D eigenvalue weighted by Crippen LogP contribution is -2.44. The van der Waals surface area contributed by atoms with Crippen molar-refractivity contribution < 1.29 is 19.4 Å². The number of aromatic amines is 1. The van der Waals surface area contributed by atoms with Crippen molar-refractivity contribution in [2.24, 2.45) is 7.05 Å². The zero-order valence-electron chi connectivity index (χ0n) is 15.7. The second kappa shape index (κ2) is 7.22. The van der Waals surface area contributed by atoms with Crippen LogP contribution >= 0.6 is 0 Å². The molecule has 3 heterocycles. The Morgan fingerprint density at radius 2 is 2.21 bits per heavy atom. The molecule has 0 saturated carbocycles. The molecule has 0 aliphatic rings. The third-order valence-electron chi connectivity index (χ3n) is 4.78. The van der Waals surface area contributed by atoms with Crippen molar-refractivity contribution >= 4 is 28.0 Å². The molecule has 150 valence electrons. The highest BCUT2D eigenvalue weighted by atomic mass is 19.1. The summed E-state index contributed by atoms with van der Waals surface area (Å²) in [5.74, 6) is -0.870. The van der Waals surface area contributed by atoms with Gasteiger partial charge in [0.05, 0.1) is 36.0 Å². The Labute approximate surface area is 164 Å². The molecule has 0 spiro atoms. The molecule has 29 heavy (non-hydrogen) atoms. The number of nitrogens with zero attached hydrogens (tertiary/aromatic N) is 4. The molecule has 4 rings (SSSR count). The first-order valence-electron chi connectivity index (χ1n) is 8.95. The number of nitrogens with one attached hydrogen (secondary N) is 2. The molecule has 0 saturated heterocycles. The van der Waals surface area contributed by atoms with Gasteiger partial charge in [0.1, 0.15) is 22.7 Å². The molecule has 9 nitrogen and oxygen atoms in total. The van der Waals surface area contributed by atoms with Crippen LogP contribution in [-0.4, -0.2) is 59.6 Å². The molecule has 0 aliphatic heterocycles. The van der Waals surface area contributed by atoms with Crippen LogP contribution < -0.4 is 5.32 Å². The average Bonchev–Trinajstić information content (AvgIpc) is 3.26. The first kappa shape index (κ1) is 19.0. The van der Waals surface area contributed by atoms with E-state index in [-0.39, 0.29) is 11.4 Å². The fraction of sp³-hybridized carbons (Fsp3) is 0.263. The average molecular weight is 398 g/mol. The van der Waals surface area contributed by atoms with Crippen LogP contribution in [0.15, 0.2) is 30.6 Å². The van der Waals surface area contributed by atoms with E-state index in [2.05, 4.69) is 25.4 Å². The van der Waals surface area contributed by atoms with E-state index in [0.717, 1.165) is 0 Å². The van der Waals surface area contributed by atoms with Crippen molar-refractivity contribution in [3.05, 3.63) is 42.0 Å². The molecule has 4 aromatic rings. The maximum absolute atomic E-state index is 13.6. The Morgan fingerprint density at radius 1 is 1.41 bits per heavy atom. The molecule has 2 unspecified atom stereocenters. The van der Waals surface area contributed by atoms with Gasteiger partial charge in [0.15, 0.2) is 5.65 Å². The minimum atomic E-state index is -0.920. The summed E-state index contributed by atoms with van der Waals surface area (Å²) in [4.78, 5) is 24.3. The number of amides is 1. The Balaban J connectivity index is 1.77. The highest BCUT2D eigenvalue weighted by molar-refractivity contribution is 6.05. The maximum atomic E-state index is 13.6. The predicted molar refractivity (Wildman–Crippen MR) is 104 cm³/mol. The van der Waals surface area contributed by atoms with E-state index < -0.39 is 24.7 Å². The summed E-state index contributed by atoms with van der Waals surface area (Å²) in [5, 5.41) is 26.7. The number of hydrogen-bond acceptors (Lipinski definition) is 6. The normalized spacial score (nSPS) is 13.7. The Hall–Kier alpha value is -3.37. The molecule has 4 N–H and O–H groups in total. The minimum Gasteiger partial charge on any atom is -0.394 e. The summed E-state index contributed by atoms with van der Waals surface area (Å²) in [7, 11) is 1.71. The van der Waals surface area contributed by atoms with Crippen LogP contribution in [0.3, 0.4) is 0 Å². The number of H-pyrrole nitrogens is 1. The Kier molecular flexibility index (Phi) is 4.73. The molecule has 0 bridgehead atoms. The van der Waals surface area contributed by atoms with Crippen LogP contribution in [0, 0.1) is 5.82 Å². The number of fused-ring (bicyclic) bond motifs is 2. The molecular weight excluding hydrogens is 379 g/mol. The number of carbonyl (C=O) groups excluding carboxylic acids is 1. The summed E-state index contributed by atoms with van der Waals surface area (Å²) < 4.78 is 15.1. The topological polar surface area (TPSA) is 129 Å². The summed E-state index contributed by atoms with van der Waals surface area (Å²) in [5.41, 5.74) is 2.50. The maximum Gasteiger partial charge on any atom is 0.255 e. The Bertz CT molecular complexity index is 1220. The quantitative estimate of drug-likeness (QED) is 0.399. The molecule has 1 aromatic carbocycles. The highest BCUT2D eigenvalue weighted by Crippen LogP contribution is 2.28. The summed E-state index contributed by atoms with van der Waals surface area (Å²) in [6, 6.07) is 3.55. The second-order valence-electron chi connectivity index (χ2n) is 6.79. The molecule has 0 aliphatic carbocycles. The van der Waals surface area contributed by atoms with Gasteiger partial charge in [-0.2, -0.15) is 5.10 Å². The van der Waals surface area contributed by atoms with Crippen molar-refractivity contribution in [2.75, 3.05) is 6.61 Å². The SMILES string of the molecule is CC(O)C(CO)NC(=O)c1c[nH]c2ncc(-c3nn(C)c4cc(F)ccc34)nc12. The van der Waals surface area contributed by atoms with Crippen molar-refractivity contribution in [2.45, 2.75) is 19.1 Å². The zero-order valence-corrected chi connectivity index (χ0v) is 15.7. The highest BCUT2D eigenvalue weighted by Gasteiger charge is 2.22. The van der Waals surface area contributed by atoms with Crippen LogP contribution in [0.4, 0.5) is 4.39 Å². The third-order valence-corrected chi connectivity index (χ3v) is 4.78. The summed E-state index contributed by atoms with van der Waals surface area (Å²) >= 11 is 0. The van der Waals surface area contributed by atoms with Crippen LogP contribution in [0.1, 0.15) is 17.3 Å². The number of aromatic nitrogens is 5.